The summed E-state index contributed by atoms with van der Waals surface area (Å²) in [6.07, 6.45) is 4.80. The monoisotopic (exact) mass is 283 g/mol. The molecule has 5 heteroatoms. The highest BCUT2D eigenvalue weighted by atomic mass is 16.5. The summed E-state index contributed by atoms with van der Waals surface area (Å²) in [6.45, 7) is 4.52. The number of hydrogen-bond acceptors (Lipinski definition) is 4. The number of hydrogen-bond donors (Lipinski definition) is 2. The molecule has 2 fully saturated rings. The second-order valence-corrected chi connectivity index (χ2v) is 6.40. The lowest BCUT2D eigenvalue weighted by molar-refractivity contribution is -0.126. The maximum atomic E-state index is 12.1. The Morgan fingerprint density at radius 1 is 1.45 bits per heavy atom. The molecule has 2 aliphatic rings. The van der Waals surface area contributed by atoms with Gasteiger partial charge in [0.05, 0.1) is 6.61 Å². The molecule has 2 unspecified atom stereocenters. The number of rotatable bonds is 10. The minimum atomic E-state index is -0.573. The second kappa shape index (κ2) is 6.41. The van der Waals surface area contributed by atoms with Crippen molar-refractivity contribution in [3.63, 3.8) is 0 Å². The lowest BCUT2D eigenvalue weighted by atomic mass is 9.90. The fourth-order valence-corrected chi connectivity index (χ4v) is 3.22. The van der Waals surface area contributed by atoms with Crippen LogP contribution >= 0.6 is 0 Å². The Morgan fingerprint density at radius 3 is 2.50 bits per heavy atom. The molecule has 2 saturated carbocycles. The number of carbonyl (C=O) groups excluding carboxylic acids is 1. The number of nitrogens with one attached hydrogen (secondary N) is 1. The lowest BCUT2D eigenvalue weighted by Crippen LogP contribution is -2.63. The zero-order chi connectivity index (χ0) is 14.8. The Morgan fingerprint density at radius 2 is 2.10 bits per heavy atom. The summed E-state index contributed by atoms with van der Waals surface area (Å²) < 4.78 is 5.23. The van der Waals surface area contributed by atoms with Gasteiger partial charge in [-0.2, -0.15) is 0 Å². The molecule has 3 N–H and O–H groups in total. The van der Waals surface area contributed by atoms with Crippen LogP contribution in [-0.4, -0.2) is 56.2 Å². The zero-order valence-corrected chi connectivity index (χ0v) is 13.0. The molecule has 2 aliphatic carbocycles. The van der Waals surface area contributed by atoms with E-state index in [-0.39, 0.29) is 5.91 Å². The standard InChI is InChI=1S/C15H29N3O2/c1-11(12-4-5-12)18(8-9-20-3)10-15(17-2,14(16)19)13-6-7-13/h11-13,17H,4-10H2,1-3H3,(H2,16,19). The van der Waals surface area contributed by atoms with Crippen LogP contribution in [0.25, 0.3) is 0 Å². The van der Waals surface area contributed by atoms with Crippen LogP contribution in [0, 0.1) is 11.8 Å². The molecule has 5 nitrogen and oxygen atoms in total. The first-order valence-corrected chi connectivity index (χ1v) is 7.77. The number of carbonyl (C=O) groups is 1. The SMILES string of the molecule is CNC(CN(CCOC)C(C)C1CC1)(C(N)=O)C1CC1. The van der Waals surface area contributed by atoms with Gasteiger partial charge in [-0.05, 0) is 51.5 Å². The largest absolute Gasteiger partial charge is 0.383 e. The fourth-order valence-electron chi connectivity index (χ4n) is 3.22. The predicted molar refractivity (Wildman–Crippen MR) is 79.3 cm³/mol. The minimum Gasteiger partial charge on any atom is -0.383 e. The van der Waals surface area contributed by atoms with Gasteiger partial charge in [0, 0.05) is 26.2 Å². The third-order valence-electron chi connectivity index (χ3n) is 5.08. The highest BCUT2D eigenvalue weighted by Gasteiger charge is 2.50. The summed E-state index contributed by atoms with van der Waals surface area (Å²) >= 11 is 0. The smallest absolute Gasteiger partial charge is 0.239 e. The molecule has 0 aliphatic heterocycles. The summed E-state index contributed by atoms with van der Waals surface area (Å²) in [6, 6.07) is 0.496. The summed E-state index contributed by atoms with van der Waals surface area (Å²) in [7, 11) is 3.58. The molecular weight excluding hydrogens is 254 g/mol. The maximum absolute atomic E-state index is 12.1. The third-order valence-corrected chi connectivity index (χ3v) is 5.08. The molecular formula is C15H29N3O2. The number of nitrogens with zero attached hydrogens (tertiary/aromatic N) is 1. The van der Waals surface area contributed by atoms with E-state index in [1.54, 1.807) is 7.11 Å². The molecule has 0 aromatic carbocycles. The highest BCUT2D eigenvalue weighted by Crippen LogP contribution is 2.41. The van der Waals surface area contributed by atoms with Crippen molar-refractivity contribution in [1.29, 1.82) is 0 Å². The number of ether oxygens (including phenoxy) is 1. The summed E-state index contributed by atoms with van der Waals surface area (Å²) in [5.41, 5.74) is 5.16. The van der Waals surface area contributed by atoms with E-state index in [1.165, 1.54) is 12.8 Å². The fraction of sp³-hybridized carbons (Fsp3) is 0.933. The normalized spacial score (nSPS) is 23.6. The van der Waals surface area contributed by atoms with Gasteiger partial charge in [-0.3, -0.25) is 9.69 Å². The van der Waals surface area contributed by atoms with Crippen LogP contribution < -0.4 is 11.1 Å². The number of nitrogens with two attached hydrogens (primary N) is 1. The molecule has 0 aromatic heterocycles. The molecule has 2 atom stereocenters. The van der Waals surface area contributed by atoms with E-state index in [9.17, 15) is 4.79 Å². The van der Waals surface area contributed by atoms with E-state index >= 15 is 0 Å². The molecule has 116 valence electrons. The number of likely N-dealkylation sites (N-methyl/N-ethyl adjacent to an activating group) is 1. The van der Waals surface area contributed by atoms with Crippen molar-refractivity contribution in [3.8, 4) is 0 Å². The van der Waals surface area contributed by atoms with Gasteiger partial charge in [0.1, 0.15) is 5.54 Å². The topological polar surface area (TPSA) is 67.6 Å². The van der Waals surface area contributed by atoms with Crippen LogP contribution in [0.3, 0.4) is 0 Å². The Balaban J connectivity index is 2.08. The van der Waals surface area contributed by atoms with Gasteiger partial charge in [-0.25, -0.2) is 0 Å². The van der Waals surface area contributed by atoms with Gasteiger partial charge >= 0.3 is 0 Å². The Bertz CT molecular complexity index is 342. The molecule has 0 heterocycles. The zero-order valence-electron chi connectivity index (χ0n) is 13.0. The average Bonchev–Trinajstić information content (AvgIpc) is 3.30. The predicted octanol–water partition coefficient (Wildman–Crippen LogP) is 0.587. The van der Waals surface area contributed by atoms with Crippen LogP contribution in [-0.2, 0) is 9.53 Å². The van der Waals surface area contributed by atoms with Gasteiger partial charge in [0.25, 0.3) is 0 Å². The Kier molecular flexibility index (Phi) is 5.04. The molecule has 0 spiro atoms. The van der Waals surface area contributed by atoms with Gasteiger partial charge in [-0.1, -0.05) is 0 Å². The van der Waals surface area contributed by atoms with Gasteiger partial charge in [0.2, 0.25) is 5.91 Å². The van der Waals surface area contributed by atoms with E-state index in [4.69, 9.17) is 10.5 Å². The van der Waals surface area contributed by atoms with E-state index < -0.39 is 5.54 Å². The second-order valence-electron chi connectivity index (χ2n) is 6.40. The van der Waals surface area contributed by atoms with E-state index in [2.05, 4.69) is 17.1 Å². The van der Waals surface area contributed by atoms with Crippen LogP contribution in [0.4, 0.5) is 0 Å². The number of primary amides is 1. The van der Waals surface area contributed by atoms with E-state index in [1.807, 2.05) is 7.05 Å². The Labute approximate surface area is 122 Å². The first-order chi connectivity index (χ1) is 9.55. The van der Waals surface area contributed by atoms with E-state index in [0.29, 0.717) is 25.1 Å². The summed E-state index contributed by atoms with van der Waals surface area (Å²) in [5.74, 6) is 0.947. The number of amides is 1. The van der Waals surface area contributed by atoms with Crippen LogP contribution in [0.15, 0.2) is 0 Å². The van der Waals surface area contributed by atoms with Gasteiger partial charge in [-0.15, -0.1) is 0 Å². The molecule has 0 aromatic rings. The van der Waals surface area contributed by atoms with Crippen molar-refractivity contribution in [1.82, 2.24) is 10.2 Å². The van der Waals surface area contributed by atoms with Crippen molar-refractivity contribution in [2.45, 2.75) is 44.2 Å². The van der Waals surface area contributed by atoms with Crippen LogP contribution in [0.2, 0.25) is 0 Å². The molecule has 20 heavy (non-hydrogen) atoms. The van der Waals surface area contributed by atoms with Crippen molar-refractivity contribution < 1.29 is 9.53 Å². The van der Waals surface area contributed by atoms with Crippen LogP contribution in [0.5, 0.6) is 0 Å². The number of methoxy groups -OCH3 is 1. The Hall–Kier alpha value is -0.650. The van der Waals surface area contributed by atoms with E-state index in [0.717, 1.165) is 25.3 Å². The van der Waals surface area contributed by atoms with Gasteiger partial charge < -0.3 is 15.8 Å². The molecule has 0 saturated heterocycles. The van der Waals surface area contributed by atoms with Crippen molar-refractivity contribution in [2.24, 2.45) is 17.6 Å². The van der Waals surface area contributed by atoms with Gasteiger partial charge in [0.15, 0.2) is 0 Å². The summed E-state index contributed by atoms with van der Waals surface area (Å²) in [5, 5.41) is 3.24. The van der Waals surface area contributed by atoms with Crippen molar-refractivity contribution in [2.75, 3.05) is 33.9 Å². The van der Waals surface area contributed by atoms with Crippen molar-refractivity contribution in [3.05, 3.63) is 0 Å². The quantitative estimate of drug-likeness (QED) is 0.616. The molecule has 0 radical (unpaired) electrons. The van der Waals surface area contributed by atoms with Crippen LogP contribution in [0.1, 0.15) is 32.6 Å². The first kappa shape index (κ1) is 15.7. The maximum Gasteiger partial charge on any atom is 0.239 e. The lowest BCUT2D eigenvalue weighted by Gasteiger charge is -2.39. The molecule has 1 amide bonds. The minimum absolute atomic E-state index is 0.215. The average molecular weight is 283 g/mol. The summed E-state index contributed by atoms with van der Waals surface area (Å²) in [4.78, 5) is 14.4. The molecule has 0 bridgehead atoms. The van der Waals surface area contributed by atoms with Crippen molar-refractivity contribution >= 4 is 5.91 Å². The molecule has 2 rings (SSSR count). The first-order valence-electron chi connectivity index (χ1n) is 7.77. The third kappa shape index (κ3) is 3.32. The highest BCUT2D eigenvalue weighted by molar-refractivity contribution is 5.86.